The smallest absolute Gasteiger partial charge is 0.168 e. The molecule has 0 atom stereocenters. The lowest BCUT2D eigenvalue weighted by Crippen LogP contribution is -2.74. The molecule has 0 amide bonds. The number of rotatable bonds is 21. The molecule has 1 nitrogen and oxygen atoms in total. The van der Waals surface area contributed by atoms with Crippen LogP contribution in [0.15, 0.2) is 152 Å². The van der Waals surface area contributed by atoms with Gasteiger partial charge in [0.15, 0.2) is 12.4 Å². The minimum absolute atomic E-state index is 1.18. The van der Waals surface area contributed by atoms with Crippen molar-refractivity contribution in [2.75, 3.05) is 0 Å². The maximum atomic E-state index is 2.30. The van der Waals surface area contributed by atoms with Gasteiger partial charge in [0.1, 0.15) is 12.7 Å². The number of hydrogen-bond acceptors (Lipinski definition) is 0. The van der Waals surface area contributed by atoms with Gasteiger partial charge in [0.25, 0.3) is 0 Å². The standard InChI is InChI=1S/C24H20B.C23H42N/c1-5-13-21(14-6-1)25(22-15-7-2-8-16-22,23-17-9-3-10-18-23)24-19-11-4-12-20-24;1-2-3-4-5-6-7-8-9-10-11-12-13-14-15-16-18-21-24-22-19-17-20-23-24/h1-20H;17,19-20,22-23H,2-16,18,21H2,1H3/q-1;+1. The highest BCUT2D eigenvalue weighted by Gasteiger charge is 2.31. The summed E-state index contributed by atoms with van der Waals surface area (Å²) in [4.78, 5) is 0. The second-order valence-corrected chi connectivity index (χ2v) is 13.9. The number of aryl methyl sites for hydroxylation is 1. The van der Waals surface area contributed by atoms with E-state index in [2.05, 4.69) is 163 Å². The molecule has 0 aliphatic carbocycles. The molecule has 4 aromatic carbocycles. The highest BCUT2D eigenvalue weighted by molar-refractivity contribution is 7.19. The van der Waals surface area contributed by atoms with E-state index in [1.165, 1.54) is 131 Å². The Labute approximate surface area is 299 Å². The van der Waals surface area contributed by atoms with Crippen LogP contribution in [-0.2, 0) is 6.54 Å². The second-order valence-electron chi connectivity index (χ2n) is 13.9. The highest BCUT2D eigenvalue weighted by Crippen LogP contribution is 2.14. The number of hydrogen-bond donors (Lipinski definition) is 0. The van der Waals surface area contributed by atoms with Crippen molar-refractivity contribution in [2.24, 2.45) is 0 Å². The Hall–Kier alpha value is -3.91. The van der Waals surface area contributed by atoms with E-state index in [1.807, 2.05) is 0 Å². The van der Waals surface area contributed by atoms with Gasteiger partial charge in [-0.25, -0.2) is 4.57 Å². The van der Waals surface area contributed by atoms with Crippen LogP contribution in [0.25, 0.3) is 0 Å². The highest BCUT2D eigenvalue weighted by atomic mass is 14.9. The normalized spacial score (nSPS) is 11.1. The van der Waals surface area contributed by atoms with Crippen LogP contribution < -0.4 is 26.4 Å². The van der Waals surface area contributed by atoms with Crippen molar-refractivity contribution in [3.63, 3.8) is 0 Å². The van der Waals surface area contributed by atoms with Gasteiger partial charge in [0.2, 0.25) is 0 Å². The van der Waals surface area contributed by atoms with Gasteiger partial charge in [-0.1, -0.05) is 224 Å². The molecular formula is C47H62BN. The minimum atomic E-state index is -1.22. The second kappa shape index (κ2) is 23.4. The van der Waals surface area contributed by atoms with E-state index in [0.29, 0.717) is 0 Å². The molecule has 0 saturated carbocycles. The number of aromatic nitrogens is 1. The van der Waals surface area contributed by atoms with Crippen LogP contribution >= 0.6 is 0 Å². The van der Waals surface area contributed by atoms with E-state index in [1.54, 1.807) is 0 Å². The Bertz CT molecular complexity index is 1310. The topological polar surface area (TPSA) is 3.88 Å². The van der Waals surface area contributed by atoms with Crippen molar-refractivity contribution < 1.29 is 4.57 Å². The largest absolute Gasteiger partial charge is 0.205 e. The third-order valence-electron chi connectivity index (χ3n) is 10.2. The van der Waals surface area contributed by atoms with Gasteiger partial charge in [-0.3, -0.25) is 0 Å². The third kappa shape index (κ3) is 12.8. The summed E-state index contributed by atoms with van der Waals surface area (Å²) in [5, 5.41) is 0. The molecule has 0 radical (unpaired) electrons. The molecule has 5 rings (SSSR count). The maximum Gasteiger partial charge on any atom is 0.168 e. The van der Waals surface area contributed by atoms with Crippen LogP contribution in [0.2, 0.25) is 0 Å². The van der Waals surface area contributed by atoms with Crippen LogP contribution in [0.1, 0.15) is 110 Å². The van der Waals surface area contributed by atoms with Crippen molar-refractivity contribution in [1.82, 2.24) is 0 Å². The Balaban J connectivity index is 0.000000221. The summed E-state index contributed by atoms with van der Waals surface area (Å²) in [6, 6.07) is 49.8. The monoisotopic (exact) mass is 651 g/mol. The lowest BCUT2D eigenvalue weighted by molar-refractivity contribution is -0.697. The zero-order valence-electron chi connectivity index (χ0n) is 30.5. The van der Waals surface area contributed by atoms with Gasteiger partial charge in [0, 0.05) is 18.6 Å². The van der Waals surface area contributed by atoms with Crippen LogP contribution in [0.5, 0.6) is 0 Å². The van der Waals surface area contributed by atoms with Crippen LogP contribution in [0.4, 0.5) is 0 Å². The van der Waals surface area contributed by atoms with E-state index in [0.717, 1.165) is 0 Å². The fourth-order valence-corrected chi connectivity index (χ4v) is 7.55. The molecule has 0 aliphatic heterocycles. The summed E-state index contributed by atoms with van der Waals surface area (Å²) in [7, 11) is 0. The van der Waals surface area contributed by atoms with E-state index in [4.69, 9.17) is 0 Å². The summed E-state index contributed by atoms with van der Waals surface area (Å²) in [5.74, 6) is 0. The Kier molecular flexibility index (Phi) is 18.1. The molecule has 0 unspecified atom stereocenters. The zero-order valence-corrected chi connectivity index (χ0v) is 30.5. The van der Waals surface area contributed by atoms with E-state index in [-0.39, 0.29) is 0 Å². The number of unbranched alkanes of at least 4 members (excludes halogenated alkanes) is 15. The lowest BCUT2D eigenvalue weighted by Gasteiger charge is -2.44. The quantitative estimate of drug-likeness (QED) is 0.0422. The van der Waals surface area contributed by atoms with E-state index < -0.39 is 6.15 Å². The first-order valence-electron chi connectivity index (χ1n) is 19.7. The van der Waals surface area contributed by atoms with Crippen molar-refractivity contribution in [3.8, 4) is 0 Å². The van der Waals surface area contributed by atoms with E-state index >= 15 is 0 Å². The SMILES string of the molecule is CCCCCCCCCCCCCCCCCC[n+]1ccccc1.c1ccc([B-](c2ccccc2)(c2ccccc2)c2ccccc2)cc1. The number of nitrogens with zero attached hydrogens (tertiary/aromatic N) is 1. The van der Waals surface area contributed by atoms with Gasteiger partial charge < -0.3 is 0 Å². The third-order valence-corrected chi connectivity index (χ3v) is 10.2. The molecule has 1 aromatic heterocycles. The fourth-order valence-electron chi connectivity index (χ4n) is 7.55. The van der Waals surface area contributed by atoms with Gasteiger partial charge in [0.05, 0.1) is 0 Å². The average Bonchev–Trinajstić information content (AvgIpc) is 3.17. The van der Waals surface area contributed by atoms with Gasteiger partial charge in [-0.15, -0.1) is 0 Å². The molecule has 0 N–H and O–H groups in total. The van der Waals surface area contributed by atoms with Crippen molar-refractivity contribution in [2.45, 2.75) is 116 Å². The van der Waals surface area contributed by atoms with Crippen molar-refractivity contribution >= 4 is 28.0 Å². The molecule has 0 spiro atoms. The van der Waals surface area contributed by atoms with Gasteiger partial charge in [-0.2, -0.15) is 21.9 Å². The van der Waals surface area contributed by atoms with Gasteiger partial charge in [-0.05, 0) is 6.42 Å². The first kappa shape index (κ1) is 37.9. The van der Waals surface area contributed by atoms with E-state index in [9.17, 15) is 0 Å². The van der Waals surface area contributed by atoms with Crippen LogP contribution in [-0.4, -0.2) is 6.15 Å². The molecule has 49 heavy (non-hydrogen) atoms. The Morgan fingerprint density at radius 1 is 0.327 bits per heavy atom. The number of benzene rings is 4. The molecule has 0 saturated heterocycles. The predicted molar refractivity (Wildman–Crippen MR) is 216 cm³/mol. The van der Waals surface area contributed by atoms with Crippen molar-refractivity contribution in [1.29, 1.82) is 0 Å². The maximum absolute atomic E-state index is 2.30. The Morgan fingerprint density at radius 2 is 0.592 bits per heavy atom. The average molecular weight is 652 g/mol. The summed E-state index contributed by atoms with van der Waals surface area (Å²) in [6.45, 7) is 3.48. The minimum Gasteiger partial charge on any atom is -0.205 e. The van der Waals surface area contributed by atoms with Crippen molar-refractivity contribution in [3.05, 3.63) is 152 Å². The van der Waals surface area contributed by atoms with Gasteiger partial charge >= 0.3 is 0 Å². The van der Waals surface area contributed by atoms with Crippen LogP contribution in [0.3, 0.4) is 0 Å². The molecule has 258 valence electrons. The summed E-state index contributed by atoms with van der Waals surface area (Å²) in [6.07, 6.45) is 26.2. The molecule has 0 aliphatic rings. The molecule has 1 heterocycles. The molecule has 2 heteroatoms. The molecule has 0 bridgehead atoms. The van der Waals surface area contributed by atoms with Crippen LogP contribution in [0, 0.1) is 0 Å². The first-order chi connectivity index (χ1) is 24.4. The summed E-state index contributed by atoms with van der Waals surface area (Å²) < 4.78 is 2.30. The first-order valence-corrected chi connectivity index (χ1v) is 19.7. The lowest BCUT2D eigenvalue weighted by atomic mass is 9.13. The fraction of sp³-hybridized carbons (Fsp3) is 0.383. The summed E-state index contributed by atoms with van der Waals surface area (Å²) in [5.41, 5.74) is 5.36. The Morgan fingerprint density at radius 3 is 0.898 bits per heavy atom. The molecular weight excluding hydrogens is 589 g/mol. The summed E-state index contributed by atoms with van der Waals surface area (Å²) >= 11 is 0. The molecule has 5 aromatic rings. The number of pyridine rings is 1. The predicted octanol–water partition coefficient (Wildman–Crippen LogP) is 10.3. The zero-order chi connectivity index (χ0) is 34.1. The molecule has 0 fully saturated rings.